The number of methoxy groups -OCH3 is 1. The number of hydrogen-bond acceptors (Lipinski definition) is 5. The molecule has 0 saturated heterocycles. The van der Waals surface area contributed by atoms with Crippen molar-refractivity contribution in [3.8, 4) is 0 Å². The van der Waals surface area contributed by atoms with Crippen molar-refractivity contribution in [2.75, 3.05) is 14.2 Å². The minimum Gasteiger partial charge on any atom is -0.373 e. The highest BCUT2D eigenvalue weighted by Gasteiger charge is 2.27. The monoisotopic (exact) mass is 227 g/mol. The molecule has 0 aromatic carbocycles. The minimum atomic E-state index is -0.310. The zero-order valence-electron chi connectivity index (χ0n) is 10.7. The first kappa shape index (κ1) is 13.1. The fourth-order valence-corrected chi connectivity index (χ4v) is 1.34. The highest BCUT2D eigenvalue weighted by Crippen LogP contribution is 2.23. The Kier molecular flexibility index (Phi) is 4.44. The van der Waals surface area contributed by atoms with Crippen molar-refractivity contribution in [3.05, 3.63) is 11.7 Å². The normalized spacial score (nSPS) is 14.1. The Morgan fingerprint density at radius 2 is 2.19 bits per heavy atom. The van der Waals surface area contributed by atoms with Gasteiger partial charge in [0.15, 0.2) is 0 Å². The smallest absolute Gasteiger partial charge is 0.246 e. The highest BCUT2D eigenvalue weighted by molar-refractivity contribution is 5.00. The van der Waals surface area contributed by atoms with Crippen LogP contribution in [0.1, 0.15) is 51.4 Å². The summed E-state index contributed by atoms with van der Waals surface area (Å²) in [5.41, 5.74) is -0.310. The molecule has 92 valence electrons. The molecule has 0 bridgehead atoms. The van der Waals surface area contributed by atoms with E-state index in [2.05, 4.69) is 22.4 Å². The van der Waals surface area contributed by atoms with E-state index in [0.29, 0.717) is 11.7 Å². The quantitative estimate of drug-likeness (QED) is 0.805. The van der Waals surface area contributed by atoms with E-state index in [-0.39, 0.29) is 11.6 Å². The van der Waals surface area contributed by atoms with Crippen molar-refractivity contribution in [1.29, 1.82) is 0 Å². The van der Waals surface area contributed by atoms with Gasteiger partial charge in [-0.25, -0.2) is 0 Å². The third-order valence-corrected chi connectivity index (χ3v) is 2.72. The van der Waals surface area contributed by atoms with Gasteiger partial charge in [-0.3, -0.25) is 0 Å². The third kappa shape index (κ3) is 2.80. The van der Waals surface area contributed by atoms with E-state index in [1.807, 2.05) is 20.9 Å². The Morgan fingerprint density at radius 1 is 1.50 bits per heavy atom. The predicted octanol–water partition coefficient (Wildman–Crippen LogP) is 2.01. The first-order valence-electron chi connectivity index (χ1n) is 5.61. The van der Waals surface area contributed by atoms with Crippen LogP contribution in [0.5, 0.6) is 0 Å². The summed E-state index contributed by atoms with van der Waals surface area (Å²) in [4.78, 5) is 4.38. The molecule has 0 aliphatic carbocycles. The molecule has 0 aliphatic rings. The molecule has 0 amide bonds. The molecule has 16 heavy (non-hydrogen) atoms. The Balaban J connectivity index is 2.85. The molecule has 1 aromatic rings. The number of aromatic nitrogens is 2. The summed E-state index contributed by atoms with van der Waals surface area (Å²) in [6.45, 7) is 6.09. The van der Waals surface area contributed by atoms with Crippen molar-refractivity contribution in [2.45, 2.75) is 45.3 Å². The highest BCUT2D eigenvalue weighted by atomic mass is 16.5. The summed E-state index contributed by atoms with van der Waals surface area (Å²) in [6.07, 6.45) is 1.85. The van der Waals surface area contributed by atoms with Crippen molar-refractivity contribution < 1.29 is 9.26 Å². The number of rotatable bonds is 6. The van der Waals surface area contributed by atoms with E-state index < -0.39 is 0 Å². The maximum atomic E-state index is 5.33. The molecule has 0 fully saturated rings. The molecular weight excluding hydrogens is 206 g/mol. The van der Waals surface area contributed by atoms with Crippen LogP contribution >= 0.6 is 0 Å². The maximum absolute atomic E-state index is 5.33. The van der Waals surface area contributed by atoms with Crippen LogP contribution in [0.2, 0.25) is 0 Å². The average Bonchev–Trinajstić information content (AvgIpc) is 2.75. The fraction of sp³-hybridized carbons (Fsp3) is 0.818. The first-order chi connectivity index (χ1) is 7.55. The first-order valence-corrected chi connectivity index (χ1v) is 5.61. The van der Waals surface area contributed by atoms with Crippen LogP contribution in [0.15, 0.2) is 4.52 Å². The van der Waals surface area contributed by atoms with Gasteiger partial charge in [0.05, 0.1) is 5.54 Å². The summed E-state index contributed by atoms with van der Waals surface area (Å²) in [6, 6.07) is 0. The minimum absolute atomic E-state index is 0.0739. The Morgan fingerprint density at radius 3 is 2.69 bits per heavy atom. The van der Waals surface area contributed by atoms with Crippen LogP contribution in [0, 0.1) is 0 Å². The summed E-state index contributed by atoms with van der Waals surface area (Å²) in [7, 11) is 3.53. The Hall–Kier alpha value is -0.940. The lowest BCUT2D eigenvalue weighted by Gasteiger charge is -2.18. The molecular formula is C11H21N3O2. The number of nitrogens with one attached hydrogen (secondary N) is 1. The summed E-state index contributed by atoms with van der Waals surface area (Å²) in [5.74, 6) is 1.21. The second-order valence-electron chi connectivity index (χ2n) is 4.35. The van der Waals surface area contributed by atoms with Crippen LogP contribution in [-0.2, 0) is 10.3 Å². The fourth-order valence-electron chi connectivity index (χ4n) is 1.34. The molecule has 0 radical (unpaired) electrons. The van der Waals surface area contributed by atoms with Crippen LogP contribution in [-0.4, -0.2) is 24.3 Å². The van der Waals surface area contributed by atoms with Crippen LogP contribution in [0.3, 0.4) is 0 Å². The van der Waals surface area contributed by atoms with Gasteiger partial charge in [0.2, 0.25) is 11.7 Å². The predicted molar refractivity (Wildman–Crippen MR) is 61.0 cm³/mol. The van der Waals surface area contributed by atoms with Crippen molar-refractivity contribution in [1.82, 2.24) is 15.5 Å². The summed E-state index contributed by atoms with van der Waals surface area (Å²) >= 11 is 0. The molecule has 1 N–H and O–H groups in total. The maximum Gasteiger partial charge on any atom is 0.246 e. The van der Waals surface area contributed by atoms with Gasteiger partial charge in [0.1, 0.15) is 6.10 Å². The molecule has 0 spiro atoms. The van der Waals surface area contributed by atoms with Gasteiger partial charge in [-0.15, -0.1) is 0 Å². The van der Waals surface area contributed by atoms with Crippen molar-refractivity contribution >= 4 is 0 Å². The largest absolute Gasteiger partial charge is 0.373 e. The van der Waals surface area contributed by atoms with Gasteiger partial charge in [-0.1, -0.05) is 18.5 Å². The molecule has 1 unspecified atom stereocenters. The zero-order chi connectivity index (χ0) is 12.2. The zero-order valence-corrected chi connectivity index (χ0v) is 10.7. The molecule has 1 heterocycles. The van der Waals surface area contributed by atoms with Crippen LogP contribution < -0.4 is 5.32 Å². The number of ether oxygens (including phenoxy) is 1. The molecule has 1 rings (SSSR count). The molecule has 0 saturated carbocycles. The van der Waals surface area contributed by atoms with E-state index in [0.717, 1.165) is 12.8 Å². The van der Waals surface area contributed by atoms with E-state index in [1.165, 1.54) is 0 Å². The molecule has 1 aromatic heterocycles. The van der Waals surface area contributed by atoms with Gasteiger partial charge >= 0.3 is 0 Å². The van der Waals surface area contributed by atoms with Crippen LogP contribution in [0.4, 0.5) is 0 Å². The van der Waals surface area contributed by atoms with E-state index >= 15 is 0 Å². The summed E-state index contributed by atoms with van der Waals surface area (Å²) < 4.78 is 10.6. The topological polar surface area (TPSA) is 60.2 Å². The van der Waals surface area contributed by atoms with E-state index in [1.54, 1.807) is 7.11 Å². The van der Waals surface area contributed by atoms with Gasteiger partial charge in [0.25, 0.3) is 0 Å². The van der Waals surface area contributed by atoms with Crippen molar-refractivity contribution in [3.63, 3.8) is 0 Å². The molecule has 1 atom stereocenters. The SMILES string of the molecule is CCCC(OC)c1noc(C(C)(C)NC)n1. The van der Waals surface area contributed by atoms with E-state index in [9.17, 15) is 0 Å². The third-order valence-electron chi connectivity index (χ3n) is 2.72. The Bertz CT molecular complexity index is 323. The second kappa shape index (κ2) is 5.41. The standard InChI is InChI=1S/C11H21N3O2/c1-6-7-8(15-5)9-13-10(16-14-9)11(2,3)12-4/h8,12H,6-7H2,1-5H3. The lowest BCUT2D eigenvalue weighted by atomic mass is 10.1. The summed E-state index contributed by atoms with van der Waals surface area (Å²) in [5, 5.41) is 7.09. The molecule has 5 heteroatoms. The molecule has 5 nitrogen and oxygen atoms in total. The van der Waals surface area contributed by atoms with Gasteiger partial charge in [0, 0.05) is 7.11 Å². The van der Waals surface area contributed by atoms with Crippen LogP contribution in [0.25, 0.3) is 0 Å². The van der Waals surface area contributed by atoms with Gasteiger partial charge < -0.3 is 14.6 Å². The van der Waals surface area contributed by atoms with E-state index in [4.69, 9.17) is 9.26 Å². The van der Waals surface area contributed by atoms with Gasteiger partial charge in [-0.2, -0.15) is 4.98 Å². The second-order valence-corrected chi connectivity index (χ2v) is 4.35. The molecule has 0 aliphatic heterocycles. The Labute approximate surface area is 96.6 Å². The van der Waals surface area contributed by atoms with Crippen molar-refractivity contribution in [2.24, 2.45) is 0 Å². The lowest BCUT2D eigenvalue weighted by Crippen LogP contribution is -2.33. The average molecular weight is 227 g/mol. The number of nitrogens with zero attached hydrogens (tertiary/aromatic N) is 2. The van der Waals surface area contributed by atoms with Gasteiger partial charge in [-0.05, 0) is 27.3 Å². The number of hydrogen-bond donors (Lipinski definition) is 1. The lowest BCUT2D eigenvalue weighted by molar-refractivity contribution is 0.0854.